The molecule has 1 amide bonds. The minimum atomic E-state index is -4.59. The molecule has 0 fully saturated rings. The van der Waals surface area contributed by atoms with Crippen LogP contribution in [0.4, 0.5) is 37.7 Å². The Labute approximate surface area is 189 Å². The number of anilines is 2. The van der Waals surface area contributed by atoms with Gasteiger partial charge in [0.15, 0.2) is 0 Å². The van der Waals surface area contributed by atoms with Crippen LogP contribution in [0.15, 0.2) is 28.7 Å². The molecule has 1 aromatic carbocycles. The van der Waals surface area contributed by atoms with Crippen LogP contribution in [0.25, 0.3) is 6.08 Å². The Morgan fingerprint density at radius 3 is 2.41 bits per heavy atom. The average molecular weight is 495 g/mol. The lowest BCUT2D eigenvalue weighted by Gasteiger charge is -2.22. The van der Waals surface area contributed by atoms with Crippen molar-refractivity contribution >= 4 is 46.5 Å². The number of hydrogen-bond donors (Lipinski definition) is 2. The maximum Gasteiger partial charge on any atom is 0.416 e. The normalized spacial score (nSPS) is 16.4. The molecule has 3 nitrogen and oxygen atoms in total. The smallest absolute Gasteiger partial charge is 0.386 e. The van der Waals surface area contributed by atoms with E-state index in [1.165, 1.54) is 24.9 Å². The van der Waals surface area contributed by atoms with Gasteiger partial charge in [0.2, 0.25) is 0 Å². The molecule has 0 bridgehead atoms. The number of thioether (sulfide) groups is 1. The second-order valence-electron chi connectivity index (χ2n) is 7.21. The zero-order chi connectivity index (χ0) is 23.8. The molecule has 1 atom stereocenters. The lowest BCUT2D eigenvalue weighted by molar-refractivity contribution is -0.137. The Morgan fingerprint density at radius 1 is 1.16 bits per heavy atom. The van der Waals surface area contributed by atoms with Gasteiger partial charge in [-0.05, 0) is 47.9 Å². The summed E-state index contributed by atoms with van der Waals surface area (Å²) in [5, 5.41) is 5.24. The highest BCUT2D eigenvalue weighted by atomic mass is 32.2. The van der Waals surface area contributed by atoms with Crippen molar-refractivity contribution < 1.29 is 31.1 Å². The van der Waals surface area contributed by atoms with Crippen LogP contribution in [-0.2, 0) is 6.18 Å². The maximum atomic E-state index is 13.3. The van der Waals surface area contributed by atoms with E-state index in [-0.39, 0.29) is 22.7 Å². The molecule has 0 saturated carbocycles. The van der Waals surface area contributed by atoms with Gasteiger partial charge in [-0.15, -0.1) is 23.1 Å². The maximum absolute atomic E-state index is 13.3. The molecule has 1 unspecified atom stereocenters. The minimum absolute atomic E-state index is 0.0642. The first-order valence-electron chi connectivity index (χ1n) is 9.64. The highest BCUT2D eigenvalue weighted by molar-refractivity contribution is 7.99. The van der Waals surface area contributed by atoms with Crippen molar-refractivity contribution in [3.8, 4) is 0 Å². The first-order valence-corrected chi connectivity index (χ1v) is 11.4. The molecule has 0 radical (unpaired) electrons. The first kappa shape index (κ1) is 24.5. The molecule has 0 aliphatic heterocycles. The van der Waals surface area contributed by atoms with Crippen LogP contribution in [0.3, 0.4) is 0 Å². The summed E-state index contributed by atoms with van der Waals surface area (Å²) < 4.78 is 79.2. The number of benzene rings is 1. The van der Waals surface area contributed by atoms with Gasteiger partial charge in [-0.3, -0.25) is 4.79 Å². The summed E-state index contributed by atoms with van der Waals surface area (Å²) in [5.74, 6) is -0.526. The molecule has 0 saturated heterocycles. The molecule has 2 aromatic rings. The summed E-state index contributed by atoms with van der Waals surface area (Å²) in [4.78, 5) is 14.2. The summed E-state index contributed by atoms with van der Waals surface area (Å²) >= 11 is 2.26. The Bertz CT molecular complexity index is 1060. The number of fused-ring (bicyclic) bond motifs is 1. The molecule has 11 heteroatoms. The molecule has 1 heterocycles. The molecular formula is C21H20F6N2OS2. The van der Waals surface area contributed by atoms with Gasteiger partial charge in [-0.25, -0.2) is 0 Å². The van der Waals surface area contributed by atoms with Gasteiger partial charge in [0.25, 0.3) is 5.91 Å². The number of amides is 1. The summed E-state index contributed by atoms with van der Waals surface area (Å²) in [6.07, 6.45) is -8.18. The quantitative estimate of drug-likeness (QED) is 0.332. The van der Waals surface area contributed by atoms with Crippen LogP contribution in [0.2, 0.25) is 0 Å². The van der Waals surface area contributed by atoms with Gasteiger partial charge in [0.05, 0.1) is 16.9 Å². The van der Waals surface area contributed by atoms with Crippen LogP contribution < -0.4 is 10.6 Å². The van der Waals surface area contributed by atoms with Gasteiger partial charge in [-0.2, -0.15) is 26.3 Å². The zero-order valence-corrected chi connectivity index (χ0v) is 18.9. The topological polar surface area (TPSA) is 41.1 Å². The molecule has 2 N–H and O–H groups in total. The molecule has 3 rings (SSSR count). The third-order valence-corrected chi connectivity index (χ3v) is 7.26. The van der Waals surface area contributed by atoms with Gasteiger partial charge >= 0.3 is 12.4 Å². The van der Waals surface area contributed by atoms with E-state index in [4.69, 9.17) is 0 Å². The van der Waals surface area contributed by atoms with E-state index in [2.05, 4.69) is 10.6 Å². The van der Waals surface area contributed by atoms with Crippen molar-refractivity contribution in [2.75, 3.05) is 23.4 Å². The van der Waals surface area contributed by atoms with Crippen LogP contribution in [0.1, 0.15) is 51.9 Å². The van der Waals surface area contributed by atoms with E-state index in [9.17, 15) is 31.1 Å². The number of rotatable bonds is 5. The largest absolute Gasteiger partial charge is 0.416 e. The third kappa shape index (κ3) is 4.93. The van der Waals surface area contributed by atoms with Crippen molar-refractivity contribution in [2.24, 2.45) is 0 Å². The molecule has 1 aliphatic rings. The number of hydrogen-bond acceptors (Lipinski definition) is 4. The number of carbonyl (C=O) groups is 1. The lowest BCUT2D eigenvalue weighted by atomic mass is 9.88. The van der Waals surface area contributed by atoms with Crippen LogP contribution in [0, 0.1) is 0 Å². The van der Waals surface area contributed by atoms with E-state index in [1.54, 1.807) is 6.92 Å². The van der Waals surface area contributed by atoms with E-state index < -0.39 is 35.3 Å². The molecule has 32 heavy (non-hydrogen) atoms. The summed E-state index contributed by atoms with van der Waals surface area (Å²) in [5.41, 5.74) is -0.686. The summed E-state index contributed by atoms with van der Waals surface area (Å²) in [6, 6.07) is 2.93. The molecular weight excluding hydrogens is 474 g/mol. The Morgan fingerprint density at radius 2 is 1.84 bits per heavy atom. The fraction of sp³-hybridized carbons (Fsp3) is 0.381. The molecule has 0 spiro atoms. The average Bonchev–Trinajstić information content (AvgIpc) is 3.06. The number of alkyl halides is 6. The number of nitrogens with one attached hydrogen (secondary N) is 2. The Kier molecular flexibility index (Phi) is 6.90. The second-order valence-corrected chi connectivity index (χ2v) is 9.53. The van der Waals surface area contributed by atoms with E-state index >= 15 is 0 Å². The SMILES string of the molecule is CCSc1c(C(=O)Nc2cc(C(F)(F)F)ccc2NC)sc2c1C(C)CC(C(F)(F)F)=C2. The third-order valence-electron chi connectivity index (χ3n) is 4.98. The van der Waals surface area contributed by atoms with Gasteiger partial charge < -0.3 is 10.6 Å². The minimum Gasteiger partial charge on any atom is -0.386 e. The first-order chi connectivity index (χ1) is 14.9. The Balaban J connectivity index is 2.04. The van der Waals surface area contributed by atoms with Crippen molar-refractivity contribution in [2.45, 2.75) is 43.4 Å². The second kappa shape index (κ2) is 9.01. The standard InChI is InChI=1S/C21H20F6N2OS2/c1-4-31-17-16-10(2)7-12(21(25,26)27)9-15(16)32-18(17)19(30)29-14-8-11(20(22,23)24)5-6-13(14)28-3/h5-6,8-10,28H,4,7H2,1-3H3,(H,29,30). The van der Waals surface area contributed by atoms with Crippen LogP contribution >= 0.6 is 23.1 Å². The van der Waals surface area contributed by atoms with Crippen LogP contribution in [0.5, 0.6) is 0 Å². The van der Waals surface area contributed by atoms with Gasteiger partial charge in [0.1, 0.15) is 4.88 Å². The lowest BCUT2D eigenvalue weighted by Crippen LogP contribution is -2.17. The predicted octanol–water partition coefficient (Wildman–Crippen LogP) is 7.63. The van der Waals surface area contributed by atoms with E-state index in [1.807, 2.05) is 6.92 Å². The monoisotopic (exact) mass is 494 g/mol. The number of halogens is 6. The van der Waals surface area contributed by atoms with Crippen LogP contribution in [-0.4, -0.2) is 24.9 Å². The van der Waals surface area contributed by atoms with Gasteiger partial charge in [-0.1, -0.05) is 13.8 Å². The summed E-state index contributed by atoms with van der Waals surface area (Å²) in [6.45, 7) is 3.53. The number of carbonyl (C=O) groups excluding carboxylic acids is 1. The van der Waals surface area contributed by atoms with Gasteiger partial charge in [0, 0.05) is 22.4 Å². The fourth-order valence-corrected chi connectivity index (χ4v) is 6.05. The number of allylic oxidation sites excluding steroid dienone is 1. The van der Waals surface area contributed by atoms with Crippen molar-refractivity contribution in [3.05, 3.63) is 44.7 Å². The highest BCUT2D eigenvalue weighted by Gasteiger charge is 2.39. The van der Waals surface area contributed by atoms with Crippen molar-refractivity contribution in [1.82, 2.24) is 0 Å². The molecule has 174 valence electrons. The fourth-order valence-electron chi connectivity index (χ4n) is 3.52. The predicted molar refractivity (Wildman–Crippen MR) is 117 cm³/mol. The van der Waals surface area contributed by atoms with E-state index in [0.717, 1.165) is 29.5 Å². The summed E-state index contributed by atoms with van der Waals surface area (Å²) in [7, 11) is 1.51. The molecule has 1 aromatic heterocycles. The van der Waals surface area contributed by atoms with Crippen molar-refractivity contribution in [1.29, 1.82) is 0 Å². The Hall–Kier alpha value is -2.14. The highest BCUT2D eigenvalue weighted by Crippen LogP contribution is 2.49. The zero-order valence-electron chi connectivity index (χ0n) is 17.3. The number of thiophene rings is 1. The molecule has 1 aliphatic carbocycles. The van der Waals surface area contributed by atoms with E-state index in [0.29, 0.717) is 21.1 Å². The van der Waals surface area contributed by atoms with Crippen molar-refractivity contribution in [3.63, 3.8) is 0 Å².